The van der Waals surface area contributed by atoms with Gasteiger partial charge in [0, 0.05) is 25.4 Å². The van der Waals surface area contributed by atoms with Gasteiger partial charge < -0.3 is 5.32 Å². The van der Waals surface area contributed by atoms with Gasteiger partial charge in [0.1, 0.15) is 5.78 Å². The highest BCUT2D eigenvalue weighted by atomic mass is 16.1. The van der Waals surface area contributed by atoms with Crippen LogP contribution in [-0.2, 0) is 4.79 Å². The molecule has 1 unspecified atom stereocenters. The first-order chi connectivity index (χ1) is 7.86. The lowest BCUT2D eigenvalue weighted by molar-refractivity contribution is -0.123. The largest absolute Gasteiger partial charge is 0.316 e. The fourth-order valence-electron chi connectivity index (χ4n) is 1.95. The molecule has 0 amide bonds. The molecule has 1 fully saturated rings. The molecule has 0 saturated carbocycles. The highest BCUT2D eigenvalue weighted by molar-refractivity contribution is 5.82. The Balaban J connectivity index is 1.87. The first-order valence-electron chi connectivity index (χ1n) is 5.81. The summed E-state index contributed by atoms with van der Waals surface area (Å²) in [4.78, 5) is 11.6. The van der Waals surface area contributed by atoms with Gasteiger partial charge in [0.05, 0.1) is 0 Å². The number of hydrogen-bond acceptors (Lipinski definition) is 2. The average Bonchev–Trinajstić information content (AvgIpc) is 2.33. The Hall–Kier alpha value is -1.41. The summed E-state index contributed by atoms with van der Waals surface area (Å²) in [5.74, 6) is 0.574. The lowest BCUT2D eigenvalue weighted by Crippen LogP contribution is -2.36. The molecular weight excluding hydrogens is 198 g/mol. The summed E-state index contributed by atoms with van der Waals surface area (Å²) in [6, 6.07) is 10.2. The Bertz CT molecular complexity index is 370. The van der Waals surface area contributed by atoms with Crippen LogP contribution in [0, 0.1) is 5.92 Å². The summed E-state index contributed by atoms with van der Waals surface area (Å²) in [5, 5.41) is 3.26. The van der Waals surface area contributed by atoms with Gasteiger partial charge in [-0.05, 0) is 12.0 Å². The van der Waals surface area contributed by atoms with Gasteiger partial charge in [0.2, 0.25) is 0 Å². The van der Waals surface area contributed by atoms with Crippen LogP contribution in [0.15, 0.2) is 36.4 Å². The van der Waals surface area contributed by atoms with Crippen molar-refractivity contribution in [2.45, 2.75) is 12.8 Å². The predicted molar refractivity (Wildman–Crippen MR) is 66.1 cm³/mol. The van der Waals surface area contributed by atoms with E-state index in [1.165, 1.54) is 5.56 Å². The zero-order valence-electron chi connectivity index (χ0n) is 9.36. The first kappa shape index (κ1) is 11.1. The van der Waals surface area contributed by atoms with Crippen LogP contribution in [0.4, 0.5) is 0 Å². The fraction of sp³-hybridized carbons (Fsp3) is 0.357. The molecule has 16 heavy (non-hydrogen) atoms. The zero-order chi connectivity index (χ0) is 11.2. The van der Waals surface area contributed by atoms with Crippen molar-refractivity contribution in [2.75, 3.05) is 13.1 Å². The molecular formula is C14H17NO. The Morgan fingerprint density at radius 1 is 1.31 bits per heavy atom. The van der Waals surface area contributed by atoms with E-state index in [9.17, 15) is 4.79 Å². The van der Waals surface area contributed by atoms with Gasteiger partial charge in [-0.25, -0.2) is 0 Å². The van der Waals surface area contributed by atoms with Crippen LogP contribution in [0.5, 0.6) is 0 Å². The molecule has 0 aromatic heterocycles. The molecule has 1 aliphatic rings. The normalized spacial score (nSPS) is 21.5. The Kier molecular flexibility index (Phi) is 3.89. The SMILES string of the molecule is O=C1CCNCC1C/C=C/c1ccccc1. The van der Waals surface area contributed by atoms with Gasteiger partial charge in [-0.2, -0.15) is 0 Å². The van der Waals surface area contributed by atoms with Crippen molar-refractivity contribution in [3.63, 3.8) is 0 Å². The summed E-state index contributed by atoms with van der Waals surface area (Å²) in [6.07, 6.45) is 5.72. The Morgan fingerprint density at radius 2 is 2.12 bits per heavy atom. The summed E-state index contributed by atoms with van der Waals surface area (Å²) in [7, 11) is 0. The topological polar surface area (TPSA) is 29.1 Å². The maximum Gasteiger partial charge on any atom is 0.138 e. The second-order valence-corrected chi connectivity index (χ2v) is 4.17. The van der Waals surface area contributed by atoms with E-state index < -0.39 is 0 Å². The molecule has 0 aliphatic carbocycles. The molecule has 1 atom stereocenters. The number of Topliss-reactive ketones (excluding diaryl/α,β-unsaturated/α-hetero) is 1. The molecule has 1 N–H and O–H groups in total. The van der Waals surface area contributed by atoms with Crippen LogP contribution in [0.25, 0.3) is 6.08 Å². The number of allylic oxidation sites excluding steroid dienone is 1. The standard InChI is InChI=1S/C14H17NO/c16-14-9-10-15-11-13(14)8-4-7-12-5-2-1-3-6-12/h1-7,13,15H,8-11H2/b7-4+. The van der Waals surface area contributed by atoms with Gasteiger partial charge in [-0.1, -0.05) is 42.5 Å². The molecule has 1 aliphatic heterocycles. The summed E-state index contributed by atoms with van der Waals surface area (Å²) in [6.45, 7) is 1.68. The van der Waals surface area contributed by atoms with E-state index in [0.717, 1.165) is 19.5 Å². The molecule has 0 radical (unpaired) electrons. The third kappa shape index (κ3) is 3.04. The lowest BCUT2D eigenvalue weighted by atomic mass is 9.94. The van der Waals surface area contributed by atoms with Crippen molar-refractivity contribution < 1.29 is 4.79 Å². The van der Waals surface area contributed by atoms with Crippen LogP contribution < -0.4 is 5.32 Å². The molecule has 2 nitrogen and oxygen atoms in total. The third-order valence-corrected chi connectivity index (χ3v) is 2.92. The maximum absolute atomic E-state index is 11.6. The smallest absolute Gasteiger partial charge is 0.138 e. The minimum Gasteiger partial charge on any atom is -0.316 e. The Morgan fingerprint density at radius 3 is 2.88 bits per heavy atom. The van der Waals surface area contributed by atoms with Crippen molar-refractivity contribution in [3.8, 4) is 0 Å². The maximum atomic E-state index is 11.6. The third-order valence-electron chi connectivity index (χ3n) is 2.92. The van der Waals surface area contributed by atoms with E-state index in [4.69, 9.17) is 0 Å². The van der Waals surface area contributed by atoms with Gasteiger partial charge in [0.15, 0.2) is 0 Å². The molecule has 1 aromatic rings. The number of ketones is 1. The van der Waals surface area contributed by atoms with Gasteiger partial charge >= 0.3 is 0 Å². The van der Waals surface area contributed by atoms with Crippen LogP contribution in [0.1, 0.15) is 18.4 Å². The first-order valence-corrected chi connectivity index (χ1v) is 5.81. The molecule has 1 aromatic carbocycles. The second kappa shape index (κ2) is 5.61. The number of piperidine rings is 1. The molecule has 2 heteroatoms. The molecule has 1 heterocycles. The van der Waals surface area contributed by atoms with E-state index in [0.29, 0.717) is 12.2 Å². The number of nitrogens with one attached hydrogen (secondary N) is 1. The number of carbonyl (C=O) groups excluding carboxylic acids is 1. The number of rotatable bonds is 3. The Labute approximate surface area is 96.4 Å². The lowest BCUT2D eigenvalue weighted by Gasteiger charge is -2.19. The minimum atomic E-state index is 0.175. The van der Waals surface area contributed by atoms with Gasteiger partial charge in [-0.15, -0.1) is 0 Å². The van der Waals surface area contributed by atoms with Crippen molar-refractivity contribution >= 4 is 11.9 Å². The van der Waals surface area contributed by atoms with E-state index in [2.05, 4.69) is 29.6 Å². The van der Waals surface area contributed by atoms with E-state index >= 15 is 0 Å². The van der Waals surface area contributed by atoms with E-state index in [1.807, 2.05) is 18.2 Å². The number of hydrogen-bond donors (Lipinski definition) is 1. The molecule has 0 bridgehead atoms. The van der Waals surface area contributed by atoms with Crippen LogP contribution >= 0.6 is 0 Å². The average molecular weight is 215 g/mol. The highest BCUT2D eigenvalue weighted by Crippen LogP contribution is 2.12. The summed E-state index contributed by atoms with van der Waals surface area (Å²) >= 11 is 0. The quantitative estimate of drug-likeness (QED) is 0.838. The molecule has 2 rings (SSSR count). The van der Waals surface area contributed by atoms with Gasteiger partial charge in [0.25, 0.3) is 0 Å². The van der Waals surface area contributed by atoms with Crippen molar-refractivity contribution in [3.05, 3.63) is 42.0 Å². The van der Waals surface area contributed by atoms with Crippen LogP contribution in [0.3, 0.4) is 0 Å². The van der Waals surface area contributed by atoms with Crippen molar-refractivity contribution in [2.24, 2.45) is 5.92 Å². The molecule has 1 saturated heterocycles. The number of carbonyl (C=O) groups is 1. The van der Waals surface area contributed by atoms with E-state index in [-0.39, 0.29) is 5.92 Å². The molecule has 84 valence electrons. The molecule has 0 spiro atoms. The predicted octanol–water partition coefficient (Wildman–Crippen LogP) is 2.27. The number of benzene rings is 1. The van der Waals surface area contributed by atoms with Crippen LogP contribution in [0.2, 0.25) is 0 Å². The zero-order valence-corrected chi connectivity index (χ0v) is 9.36. The second-order valence-electron chi connectivity index (χ2n) is 4.17. The fourth-order valence-corrected chi connectivity index (χ4v) is 1.95. The van der Waals surface area contributed by atoms with Crippen LogP contribution in [-0.4, -0.2) is 18.9 Å². The van der Waals surface area contributed by atoms with Crippen molar-refractivity contribution in [1.29, 1.82) is 0 Å². The van der Waals surface area contributed by atoms with Gasteiger partial charge in [-0.3, -0.25) is 4.79 Å². The highest BCUT2D eigenvalue weighted by Gasteiger charge is 2.19. The van der Waals surface area contributed by atoms with Crippen molar-refractivity contribution in [1.82, 2.24) is 5.32 Å². The summed E-state index contributed by atoms with van der Waals surface area (Å²) in [5.41, 5.74) is 1.19. The van der Waals surface area contributed by atoms with E-state index in [1.54, 1.807) is 0 Å². The monoisotopic (exact) mass is 215 g/mol. The minimum absolute atomic E-state index is 0.175. The summed E-state index contributed by atoms with van der Waals surface area (Å²) < 4.78 is 0.